The number of halogens is 5. The van der Waals surface area contributed by atoms with Crippen molar-refractivity contribution in [1.29, 1.82) is 0 Å². The summed E-state index contributed by atoms with van der Waals surface area (Å²) < 4.78 is 68.7. The maximum atomic E-state index is 14.1. The number of carbonyl (C=O) groups is 1. The highest BCUT2D eigenvalue weighted by molar-refractivity contribution is 7.80. The van der Waals surface area contributed by atoms with E-state index in [4.69, 9.17) is 12.2 Å². The largest absolute Gasteiger partial charge is 0.368 e. The minimum absolute atomic E-state index is 0.0629. The highest BCUT2D eigenvalue weighted by Gasteiger charge is 2.30. The van der Waals surface area contributed by atoms with Crippen molar-refractivity contribution in [2.24, 2.45) is 0 Å². The smallest absolute Gasteiger partial charge is 0.257 e. The van der Waals surface area contributed by atoms with Crippen molar-refractivity contribution in [3.63, 3.8) is 0 Å². The van der Waals surface area contributed by atoms with Gasteiger partial charge in [-0.05, 0) is 55.5 Å². The van der Waals surface area contributed by atoms with Crippen LogP contribution in [0.1, 0.15) is 15.9 Å². The first kappa shape index (κ1) is 25.4. The first-order chi connectivity index (χ1) is 17.2. The number of nitrogens with zero attached hydrogens (tertiary/aromatic N) is 2. The third-order valence-electron chi connectivity index (χ3n) is 5.78. The number of piperazine rings is 1. The van der Waals surface area contributed by atoms with E-state index in [1.165, 1.54) is 0 Å². The highest BCUT2D eigenvalue weighted by Crippen LogP contribution is 2.31. The first-order valence-corrected chi connectivity index (χ1v) is 11.4. The number of rotatable bonds is 4. The Bertz CT molecular complexity index is 1280. The second kappa shape index (κ2) is 10.5. The standard InChI is InChI=1S/C25H21F5N4OS/c1-14-3-2-4-15(13-14)24(35)32-25(36)31-16-5-7-17(8-6-16)33-9-11-34(12-10-33)23-21(29)19(27)18(26)20(28)22(23)30/h2-8,13H,9-12H2,1H3,(H2,31,32,35,36). The van der Waals surface area contributed by atoms with E-state index in [0.29, 0.717) is 24.3 Å². The molecule has 0 bridgehead atoms. The molecule has 0 saturated carbocycles. The minimum atomic E-state index is -2.17. The van der Waals surface area contributed by atoms with Gasteiger partial charge in [-0.15, -0.1) is 0 Å². The molecule has 2 N–H and O–H groups in total. The molecule has 0 unspecified atom stereocenters. The van der Waals surface area contributed by atoms with E-state index in [1.807, 2.05) is 17.9 Å². The van der Waals surface area contributed by atoms with E-state index in [1.54, 1.807) is 42.5 Å². The second-order valence-electron chi connectivity index (χ2n) is 8.22. The van der Waals surface area contributed by atoms with E-state index >= 15 is 0 Å². The third kappa shape index (κ3) is 5.25. The Kier molecular flexibility index (Phi) is 7.39. The lowest BCUT2D eigenvalue weighted by Crippen LogP contribution is -2.47. The van der Waals surface area contributed by atoms with Crippen LogP contribution < -0.4 is 20.4 Å². The Hall–Kier alpha value is -3.73. The van der Waals surface area contributed by atoms with Gasteiger partial charge >= 0.3 is 0 Å². The van der Waals surface area contributed by atoms with Crippen LogP contribution in [-0.2, 0) is 0 Å². The van der Waals surface area contributed by atoms with Crippen molar-refractivity contribution in [2.75, 3.05) is 41.3 Å². The molecule has 0 atom stereocenters. The van der Waals surface area contributed by atoms with Gasteiger partial charge in [-0.25, -0.2) is 22.0 Å². The topological polar surface area (TPSA) is 47.6 Å². The summed E-state index contributed by atoms with van der Waals surface area (Å²) in [5, 5.41) is 5.68. The van der Waals surface area contributed by atoms with Crippen molar-refractivity contribution < 1.29 is 26.7 Å². The average Bonchev–Trinajstić information content (AvgIpc) is 2.87. The van der Waals surface area contributed by atoms with Crippen LogP contribution in [0, 0.1) is 36.0 Å². The van der Waals surface area contributed by atoms with Gasteiger partial charge in [0.15, 0.2) is 28.4 Å². The molecule has 4 rings (SSSR count). The van der Waals surface area contributed by atoms with Crippen LogP contribution in [0.2, 0.25) is 0 Å². The van der Waals surface area contributed by atoms with Gasteiger partial charge in [0.25, 0.3) is 5.91 Å². The van der Waals surface area contributed by atoms with Crippen LogP contribution >= 0.6 is 12.2 Å². The van der Waals surface area contributed by atoms with Crippen LogP contribution in [0.5, 0.6) is 0 Å². The zero-order chi connectivity index (χ0) is 26.0. The van der Waals surface area contributed by atoms with Crippen LogP contribution in [0.3, 0.4) is 0 Å². The Morgan fingerprint density at radius 1 is 0.806 bits per heavy atom. The molecule has 0 aliphatic carbocycles. The number of thiocarbonyl (C=S) groups is 1. The molecule has 36 heavy (non-hydrogen) atoms. The van der Waals surface area contributed by atoms with Gasteiger partial charge in [-0.3, -0.25) is 10.1 Å². The Labute approximate surface area is 209 Å². The summed E-state index contributed by atoms with van der Waals surface area (Å²) in [6.07, 6.45) is 0. The highest BCUT2D eigenvalue weighted by atomic mass is 32.1. The molecule has 1 heterocycles. The lowest BCUT2D eigenvalue weighted by molar-refractivity contribution is 0.0977. The molecule has 5 nitrogen and oxygen atoms in total. The summed E-state index contributed by atoms with van der Waals surface area (Å²) in [6.45, 7) is 2.61. The normalized spacial score (nSPS) is 13.5. The Morgan fingerprint density at radius 2 is 1.36 bits per heavy atom. The van der Waals surface area contributed by atoms with E-state index in [-0.39, 0.29) is 24.1 Å². The van der Waals surface area contributed by atoms with Crippen LogP contribution in [0.15, 0.2) is 48.5 Å². The van der Waals surface area contributed by atoms with Crippen molar-refractivity contribution in [3.05, 3.63) is 88.7 Å². The fourth-order valence-corrected chi connectivity index (χ4v) is 4.15. The number of hydrogen-bond donors (Lipinski definition) is 2. The van der Waals surface area contributed by atoms with Crippen molar-refractivity contribution in [2.45, 2.75) is 6.92 Å². The maximum absolute atomic E-state index is 14.1. The van der Waals surface area contributed by atoms with Gasteiger partial charge in [0.1, 0.15) is 5.69 Å². The van der Waals surface area contributed by atoms with E-state index < -0.39 is 34.8 Å². The predicted molar refractivity (Wildman–Crippen MR) is 132 cm³/mol. The molecule has 11 heteroatoms. The number of anilines is 3. The van der Waals surface area contributed by atoms with Crippen molar-refractivity contribution in [3.8, 4) is 0 Å². The van der Waals surface area contributed by atoms with Gasteiger partial charge in [0, 0.05) is 43.1 Å². The molecule has 188 valence electrons. The molecule has 1 aliphatic heterocycles. The molecule has 0 spiro atoms. The number of aryl methyl sites for hydroxylation is 1. The summed E-state index contributed by atoms with van der Waals surface area (Å²) in [7, 11) is 0. The molecule has 1 amide bonds. The minimum Gasteiger partial charge on any atom is -0.368 e. The molecule has 1 saturated heterocycles. The average molecular weight is 521 g/mol. The number of nitrogens with one attached hydrogen (secondary N) is 2. The van der Waals surface area contributed by atoms with E-state index in [2.05, 4.69) is 10.6 Å². The maximum Gasteiger partial charge on any atom is 0.257 e. The van der Waals surface area contributed by atoms with Gasteiger partial charge in [-0.1, -0.05) is 17.7 Å². The third-order valence-corrected chi connectivity index (χ3v) is 5.98. The molecular formula is C25H21F5N4OS. The zero-order valence-electron chi connectivity index (χ0n) is 19.0. The lowest BCUT2D eigenvalue weighted by atomic mass is 10.1. The summed E-state index contributed by atoms with van der Waals surface area (Å²) >= 11 is 5.21. The monoisotopic (exact) mass is 520 g/mol. The fourth-order valence-electron chi connectivity index (χ4n) is 3.94. The molecule has 1 fully saturated rings. The summed E-state index contributed by atoms with van der Waals surface area (Å²) in [5.74, 6) is -10.1. The van der Waals surface area contributed by atoms with Crippen LogP contribution in [-0.4, -0.2) is 37.2 Å². The van der Waals surface area contributed by atoms with Gasteiger partial charge in [-0.2, -0.15) is 0 Å². The summed E-state index contributed by atoms with van der Waals surface area (Å²) in [4.78, 5) is 15.4. The van der Waals surface area contributed by atoms with Crippen LogP contribution in [0.25, 0.3) is 0 Å². The summed E-state index contributed by atoms with van der Waals surface area (Å²) in [6, 6.07) is 14.2. The predicted octanol–water partition coefficient (Wildman–Crippen LogP) is 5.14. The molecule has 0 radical (unpaired) electrons. The zero-order valence-corrected chi connectivity index (χ0v) is 19.9. The fraction of sp³-hybridized carbons (Fsp3) is 0.200. The number of benzene rings is 3. The quantitative estimate of drug-likeness (QED) is 0.216. The SMILES string of the molecule is Cc1cccc(C(=O)NC(=S)Nc2ccc(N3CCN(c4c(F)c(F)c(F)c(F)c4F)CC3)cc2)c1. The Balaban J connectivity index is 1.35. The van der Waals surface area contributed by atoms with Gasteiger partial charge < -0.3 is 15.1 Å². The van der Waals surface area contributed by atoms with E-state index in [0.717, 1.165) is 16.2 Å². The van der Waals surface area contributed by atoms with Crippen molar-refractivity contribution in [1.82, 2.24) is 5.32 Å². The molecule has 3 aromatic carbocycles. The van der Waals surface area contributed by atoms with Gasteiger partial charge in [0.05, 0.1) is 0 Å². The van der Waals surface area contributed by atoms with Crippen LogP contribution in [0.4, 0.5) is 39.0 Å². The number of carbonyl (C=O) groups excluding carboxylic acids is 1. The molecule has 3 aromatic rings. The molecule has 0 aromatic heterocycles. The van der Waals surface area contributed by atoms with Gasteiger partial charge in [0.2, 0.25) is 5.82 Å². The first-order valence-electron chi connectivity index (χ1n) is 11.0. The van der Waals surface area contributed by atoms with Crippen molar-refractivity contribution >= 4 is 40.3 Å². The summed E-state index contributed by atoms with van der Waals surface area (Å²) in [5.41, 5.74) is 1.96. The number of hydrogen-bond acceptors (Lipinski definition) is 4. The van der Waals surface area contributed by atoms with E-state index in [9.17, 15) is 26.7 Å². The number of amides is 1. The second-order valence-corrected chi connectivity index (χ2v) is 8.63. The lowest BCUT2D eigenvalue weighted by Gasteiger charge is -2.37. The molecule has 1 aliphatic rings. The molecular weight excluding hydrogens is 499 g/mol. The Morgan fingerprint density at radius 3 is 1.94 bits per heavy atom.